The van der Waals surface area contributed by atoms with Gasteiger partial charge in [0, 0.05) is 24.0 Å². The second kappa shape index (κ2) is 8.06. The average Bonchev–Trinajstić information content (AvgIpc) is 3.14. The Morgan fingerprint density at radius 2 is 1.73 bits per heavy atom. The Bertz CT molecular complexity index is 892. The summed E-state index contributed by atoms with van der Waals surface area (Å²) < 4.78 is 18.5. The van der Waals surface area contributed by atoms with E-state index < -0.39 is 5.91 Å². The van der Waals surface area contributed by atoms with Crippen LogP contribution in [0.15, 0.2) is 65.2 Å². The van der Waals surface area contributed by atoms with Gasteiger partial charge in [0.05, 0.1) is 6.20 Å². The van der Waals surface area contributed by atoms with Gasteiger partial charge in [-0.1, -0.05) is 18.2 Å². The number of nitrogens with zero attached hydrogens (tertiary/aromatic N) is 1. The first-order chi connectivity index (χ1) is 12.6. The molecule has 1 heterocycles. The molecule has 0 spiro atoms. The number of rotatable bonds is 5. The van der Waals surface area contributed by atoms with Crippen molar-refractivity contribution < 1.29 is 18.4 Å². The summed E-state index contributed by atoms with van der Waals surface area (Å²) >= 11 is 0. The zero-order chi connectivity index (χ0) is 18.4. The molecule has 6 nitrogen and oxygen atoms in total. The Labute approximate surface area is 149 Å². The molecule has 2 aromatic carbocycles. The number of aromatic nitrogens is 1. The van der Waals surface area contributed by atoms with Gasteiger partial charge in [-0.05, 0) is 36.4 Å². The highest BCUT2D eigenvalue weighted by atomic mass is 19.1. The Morgan fingerprint density at radius 3 is 2.46 bits per heavy atom. The minimum absolute atomic E-state index is 0.0957. The third-order valence-electron chi connectivity index (χ3n) is 3.60. The first-order valence-corrected chi connectivity index (χ1v) is 7.97. The molecule has 3 rings (SSSR count). The van der Waals surface area contributed by atoms with Crippen LogP contribution in [0, 0.1) is 5.82 Å². The predicted octanol–water partition coefficient (Wildman–Crippen LogP) is 2.87. The molecule has 26 heavy (non-hydrogen) atoms. The van der Waals surface area contributed by atoms with Crippen molar-refractivity contribution in [3.63, 3.8) is 0 Å². The van der Waals surface area contributed by atoms with E-state index in [0.29, 0.717) is 22.8 Å². The van der Waals surface area contributed by atoms with Crippen LogP contribution in [-0.2, 0) is 11.2 Å². The Kier molecular flexibility index (Phi) is 5.38. The molecule has 7 heteroatoms. The van der Waals surface area contributed by atoms with E-state index >= 15 is 0 Å². The summed E-state index contributed by atoms with van der Waals surface area (Å²) in [4.78, 5) is 27.8. The first kappa shape index (κ1) is 17.3. The van der Waals surface area contributed by atoms with Gasteiger partial charge in [-0.15, -0.1) is 0 Å². The van der Waals surface area contributed by atoms with E-state index in [-0.39, 0.29) is 24.6 Å². The second-order valence-electron chi connectivity index (χ2n) is 5.49. The van der Waals surface area contributed by atoms with E-state index in [2.05, 4.69) is 15.8 Å². The van der Waals surface area contributed by atoms with E-state index in [9.17, 15) is 14.0 Å². The summed E-state index contributed by atoms with van der Waals surface area (Å²) in [6, 6.07) is 14.4. The van der Waals surface area contributed by atoms with Crippen molar-refractivity contribution in [2.45, 2.75) is 12.8 Å². The van der Waals surface area contributed by atoms with Crippen molar-refractivity contribution in [2.24, 2.45) is 0 Å². The third-order valence-corrected chi connectivity index (χ3v) is 3.60. The van der Waals surface area contributed by atoms with E-state index in [4.69, 9.17) is 4.42 Å². The van der Waals surface area contributed by atoms with Crippen LogP contribution in [0.2, 0.25) is 0 Å². The van der Waals surface area contributed by atoms with Crippen LogP contribution in [-0.4, -0.2) is 16.8 Å². The van der Waals surface area contributed by atoms with E-state index in [1.807, 2.05) is 0 Å². The number of carbonyl (C=O) groups excluding carboxylic acids is 2. The largest absolute Gasteiger partial charge is 0.441 e. The molecule has 0 bridgehead atoms. The molecule has 0 aliphatic carbocycles. The van der Waals surface area contributed by atoms with E-state index in [1.54, 1.807) is 42.5 Å². The van der Waals surface area contributed by atoms with Crippen molar-refractivity contribution in [1.82, 2.24) is 15.8 Å². The topological polar surface area (TPSA) is 84.2 Å². The molecule has 1 aromatic heterocycles. The van der Waals surface area contributed by atoms with Gasteiger partial charge in [-0.2, -0.15) is 0 Å². The fourth-order valence-electron chi connectivity index (χ4n) is 2.24. The maximum atomic E-state index is 12.9. The Balaban J connectivity index is 1.47. The highest BCUT2D eigenvalue weighted by Gasteiger charge is 2.10. The second-order valence-corrected chi connectivity index (χ2v) is 5.49. The molecule has 2 N–H and O–H groups in total. The number of nitrogens with one attached hydrogen (secondary N) is 2. The standard InChI is InChI=1S/C19H16FN3O3/c20-15-8-6-13(7-9-15)16-12-21-18(26-16)11-10-17(24)22-23-19(25)14-4-2-1-3-5-14/h1-9,12H,10-11H2,(H,22,24)(H,23,25). The van der Waals surface area contributed by atoms with Crippen molar-refractivity contribution in [2.75, 3.05) is 0 Å². The fraction of sp³-hybridized carbons (Fsp3) is 0.105. The molecular weight excluding hydrogens is 337 g/mol. The van der Waals surface area contributed by atoms with Crippen molar-refractivity contribution >= 4 is 11.8 Å². The molecule has 2 amide bonds. The van der Waals surface area contributed by atoms with Crippen LogP contribution < -0.4 is 10.9 Å². The molecule has 0 aliphatic heterocycles. The highest BCUT2D eigenvalue weighted by Crippen LogP contribution is 2.21. The van der Waals surface area contributed by atoms with E-state index in [1.165, 1.54) is 18.3 Å². The predicted molar refractivity (Wildman–Crippen MR) is 92.3 cm³/mol. The van der Waals surface area contributed by atoms with Gasteiger partial charge in [0.15, 0.2) is 11.7 Å². The van der Waals surface area contributed by atoms with Gasteiger partial charge >= 0.3 is 0 Å². The van der Waals surface area contributed by atoms with Gasteiger partial charge in [0.1, 0.15) is 5.82 Å². The molecule has 0 radical (unpaired) electrons. The summed E-state index contributed by atoms with van der Waals surface area (Å²) in [7, 11) is 0. The van der Waals surface area contributed by atoms with Crippen LogP contribution in [0.25, 0.3) is 11.3 Å². The number of halogens is 1. The molecular formula is C19H16FN3O3. The quantitative estimate of drug-likeness (QED) is 0.691. The average molecular weight is 353 g/mol. The van der Waals surface area contributed by atoms with Crippen molar-refractivity contribution in [1.29, 1.82) is 0 Å². The maximum absolute atomic E-state index is 12.9. The van der Waals surface area contributed by atoms with Gasteiger partial charge in [0.25, 0.3) is 5.91 Å². The van der Waals surface area contributed by atoms with Crippen LogP contribution in [0.1, 0.15) is 22.7 Å². The monoisotopic (exact) mass is 353 g/mol. The summed E-state index contributed by atoms with van der Waals surface area (Å²) in [5, 5.41) is 0. The number of carbonyl (C=O) groups is 2. The third kappa shape index (κ3) is 4.54. The molecule has 0 atom stereocenters. The molecule has 132 valence electrons. The van der Waals surface area contributed by atoms with Gasteiger partial charge < -0.3 is 4.42 Å². The number of amides is 2. The molecule has 0 saturated heterocycles. The lowest BCUT2D eigenvalue weighted by Crippen LogP contribution is -2.41. The minimum atomic E-state index is -0.395. The van der Waals surface area contributed by atoms with E-state index in [0.717, 1.165) is 0 Å². The zero-order valence-corrected chi connectivity index (χ0v) is 13.7. The van der Waals surface area contributed by atoms with Crippen LogP contribution in [0.5, 0.6) is 0 Å². The molecule has 0 aliphatic rings. The highest BCUT2D eigenvalue weighted by molar-refractivity contribution is 5.95. The van der Waals surface area contributed by atoms with Crippen LogP contribution in [0.4, 0.5) is 4.39 Å². The number of hydrogen-bond acceptors (Lipinski definition) is 4. The zero-order valence-electron chi connectivity index (χ0n) is 13.7. The van der Waals surface area contributed by atoms with Crippen LogP contribution >= 0.6 is 0 Å². The maximum Gasteiger partial charge on any atom is 0.269 e. The molecule has 0 fully saturated rings. The smallest absolute Gasteiger partial charge is 0.269 e. The summed E-state index contributed by atoms with van der Waals surface area (Å²) in [6.45, 7) is 0. The molecule has 3 aromatic rings. The lowest BCUT2D eigenvalue weighted by Gasteiger charge is -2.06. The lowest BCUT2D eigenvalue weighted by atomic mass is 10.2. The van der Waals surface area contributed by atoms with Gasteiger partial charge in [0.2, 0.25) is 5.91 Å². The normalized spacial score (nSPS) is 10.3. The molecule has 0 saturated carbocycles. The number of oxazole rings is 1. The minimum Gasteiger partial charge on any atom is -0.441 e. The number of hydrogen-bond donors (Lipinski definition) is 2. The summed E-state index contributed by atoms with van der Waals surface area (Å²) in [5.41, 5.74) is 5.84. The lowest BCUT2D eigenvalue weighted by molar-refractivity contribution is -0.121. The summed E-state index contributed by atoms with van der Waals surface area (Å²) in [6.07, 6.45) is 1.89. The SMILES string of the molecule is O=C(CCc1ncc(-c2ccc(F)cc2)o1)NNC(=O)c1ccccc1. The Hall–Kier alpha value is -3.48. The number of benzene rings is 2. The number of hydrazine groups is 1. The first-order valence-electron chi connectivity index (χ1n) is 7.97. The molecule has 0 unspecified atom stereocenters. The Morgan fingerprint density at radius 1 is 1.00 bits per heavy atom. The van der Waals surface area contributed by atoms with Crippen molar-refractivity contribution in [3.05, 3.63) is 78.1 Å². The van der Waals surface area contributed by atoms with Crippen LogP contribution in [0.3, 0.4) is 0 Å². The van der Waals surface area contributed by atoms with Gasteiger partial charge in [-0.3, -0.25) is 20.4 Å². The summed E-state index contributed by atoms with van der Waals surface area (Å²) in [5.74, 6) is -0.209. The van der Waals surface area contributed by atoms with Gasteiger partial charge in [-0.25, -0.2) is 9.37 Å². The van der Waals surface area contributed by atoms with Crippen molar-refractivity contribution in [3.8, 4) is 11.3 Å². The fourth-order valence-corrected chi connectivity index (χ4v) is 2.24. The number of aryl methyl sites for hydroxylation is 1.